The van der Waals surface area contributed by atoms with E-state index < -0.39 is 5.60 Å². The first-order valence-electron chi connectivity index (χ1n) is 9.87. The summed E-state index contributed by atoms with van der Waals surface area (Å²) in [7, 11) is 1.91. The van der Waals surface area contributed by atoms with Gasteiger partial charge >= 0.3 is 0 Å². The summed E-state index contributed by atoms with van der Waals surface area (Å²) >= 11 is 0. The van der Waals surface area contributed by atoms with Crippen molar-refractivity contribution in [2.75, 3.05) is 13.6 Å². The molecule has 0 saturated carbocycles. The Hall–Kier alpha value is -2.93. The summed E-state index contributed by atoms with van der Waals surface area (Å²) in [5.41, 5.74) is 6.40. The number of aromatic nitrogens is 1. The van der Waals surface area contributed by atoms with Crippen molar-refractivity contribution in [1.29, 1.82) is 5.41 Å². The van der Waals surface area contributed by atoms with Crippen LogP contribution in [0.3, 0.4) is 0 Å². The van der Waals surface area contributed by atoms with Gasteiger partial charge in [0.25, 0.3) is 0 Å². The number of nitrogens with one attached hydrogen (secondary N) is 1. The first-order chi connectivity index (χ1) is 13.9. The van der Waals surface area contributed by atoms with Crippen molar-refractivity contribution in [3.8, 4) is 0 Å². The van der Waals surface area contributed by atoms with Crippen LogP contribution in [0.4, 0.5) is 0 Å². The van der Waals surface area contributed by atoms with Crippen LogP contribution >= 0.6 is 0 Å². The van der Waals surface area contributed by atoms with Gasteiger partial charge in [-0.2, -0.15) is 0 Å². The van der Waals surface area contributed by atoms with Crippen molar-refractivity contribution in [3.05, 3.63) is 65.5 Å². The SMILES string of the molecule is CN(CCCCCCC(N)=NO)C(=N)c1ccc(C(C)(O)c2ccccn2)cc1. The molecule has 29 heavy (non-hydrogen) atoms. The molecule has 2 rings (SSSR count). The Morgan fingerprint density at radius 2 is 1.83 bits per heavy atom. The molecule has 1 atom stereocenters. The molecule has 0 bridgehead atoms. The summed E-state index contributed by atoms with van der Waals surface area (Å²) in [5, 5.41) is 30.8. The molecule has 7 nitrogen and oxygen atoms in total. The first-order valence-corrected chi connectivity index (χ1v) is 9.87. The molecule has 1 unspecified atom stereocenters. The minimum Gasteiger partial charge on any atom is -0.409 e. The van der Waals surface area contributed by atoms with Gasteiger partial charge in [-0.05, 0) is 37.5 Å². The lowest BCUT2D eigenvalue weighted by Crippen LogP contribution is -2.28. The second kappa shape index (κ2) is 10.6. The molecule has 0 aliphatic rings. The second-order valence-electron chi connectivity index (χ2n) is 7.39. The number of hydrogen-bond acceptors (Lipinski definition) is 5. The van der Waals surface area contributed by atoms with Crippen LogP contribution < -0.4 is 5.73 Å². The van der Waals surface area contributed by atoms with Crippen molar-refractivity contribution in [3.63, 3.8) is 0 Å². The van der Waals surface area contributed by atoms with Crippen molar-refractivity contribution in [2.24, 2.45) is 10.9 Å². The third-order valence-corrected chi connectivity index (χ3v) is 5.07. The predicted octanol–water partition coefficient (Wildman–Crippen LogP) is 3.29. The van der Waals surface area contributed by atoms with Gasteiger partial charge in [0.2, 0.25) is 0 Å². The second-order valence-corrected chi connectivity index (χ2v) is 7.39. The van der Waals surface area contributed by atoms with E-state index in [1.54, 1.807) is 19.2 Å². The molecular weight excluding hydrogens is 366 g/mol. The Balaban J connectivity index is 1.86. The maximum Gasteiger partial charge on any atom is 0.139 e. The van der Waals surface area contributed by atoms with E-state index in [1.807, 2.05) is 48.3 Å². The van der Waals surface area contributed by atoms with Gasteiger partial charge in [0.15, 0.2) is 0 Å². The van der Waals surface area contributed by atoms with Crippen molar-refractivity contribution >= 4 is 11.7 Å². The van der Waals surface area contributed by atoms with Gasteiger partial charge in [-0.15, -0.1) is 0 Å². The lowest BCUT2D eigenvalue weighted by atomic mass is 9.91. The van der Waals surface area contributed by atoms with E-state index >= 15 is 0 Å². The highest BCUT2D eigenvalue weighted by atomic mass is 16.4. The van der Waals surface area contributed by atoms with Crippen LogP contribution in [0, 0.1) is 5.41 Å². The molecule has 0 saturated heterocycles. The van der Waals surface area contributed by atoms with Crippen LogP contribution in [0.15, 0.2) is 53.8 Å². The highest BCUT2D eigenvalue weighted by molar-refractivity contribution is 5.96. The number of hydrogen-bond donors (Lipinski definition) is 4. The van der Waals surface area contributed by atoms with Crippen molar-refractivity contribution in [2.45, 2.75) is 44.6 Å². The van der Waals surface area contributed by atoms with Gasteiger partial charge in [-0.25, -0.2) is 0 Å². The number of amidine groups is 2. The number of aliphatic hydroxyl groups is 1. The maximum absolute atomic E-state index is 10.9. The lowest BCUT2D eigenvalue weighted by molar-refractivity contribution is 0.0974. The van der Waals surface area contributed by atoms with E-state index in [1.165, 1.54) is 0 Å². The monoisotopic (exact) mass is 397 g/mol. The van der Waals surface area contributed by atoms with Crippen molar-refractivity contribution in [1.82, 2.24) is 9.88 Å². The van der Waals surface area contributed by atoms with E-state index in [4.69, 9.17) is 16.4 Å². The summed E-state index contributed by atoms with van der Waals surface area (Å²) in [5.74, 6) is 0.722. The fourth-order valence-electron chi connectivity index (χ4n) is 3.14. The number of nitrogens with two attached hydrogens (primary N) is 1. The van der Waals surface area contributed by atoms with E-state index in [0.717, 1.165) is 43.4 Å². The molecule has 0 radical (unpaired) electrons. The van der Waals surface area contributed by atoms with Gasteiger partial charge in [0.05, 0.1) is 5.69 Å². The molecular formula is C22H31N5O2. The minimum atomic E-state index is -1.18. The number of benzene rings is 1. The molecule has 7 heteroatoms. The number of pyridine rings is 1. The highest BCUT2D eigenvalue weighted by Crippen LogP contribution is 2.27. The van der Waals surface area contributed by atoms with E-state index in [9.17, 15) is 5.11 Å². The van der Waals surface area contributed by atoms with Gasteiger partial charge in [-0.1, -0.05) is 48.3 Å². The molecule has 1 heterocycles. The molecule has 0 amide bonds. The van der Waals surface area contributed by atoms with Crippen LogP contribution in [-0.2, 0) is 5.60 Å². The Morgan fingerprint density at radius 3 is 2.45 bits per heavy atom. The average Bonchev–Trinajstić information content (AvgIpc) is 2.75. The molecule has 5 N–H and O–H groups in total. The predicted molar refractivity (Wildman–Crippen MR) is 115 cm³/mol. The standard InChI is InChI=1S/C22H31N5O2/c1-22(28,19-9-6-7-15-25-19)18-13-11-17(12-14-18)21(24)27(2)16-8-4-3-5-10-20(23)26-29/h6-7,9,11-15,24,28-29H,3-5,8,10,16H2,1-2H3,(H2,23,26). The lowest BCUT2D eigenvalue weighted by Gasteiger charge is -2.24. The molecule has 0 fully saturated rings. The third-order valence-electron chi connectivity index (χ3n) is 5.07. The fraction of sp³-hybridized carbons (Fsp3) is 0.409. The van der Waals surface area contributed by atoms with Gasteiger partial charge in [0.1, 0.15) is 17.3 Å². The number of nitrogens with zero attached hydrogens (tertiary/aromatic N) is 3. The van der Waals surface area contributed by atoms with Crippen LogP contribution in [0.1, 0.15) is 55.8 Å². The number of rotatable bonds is 10. The smallest absolute Gasteiger partial charge is 0.139 e. The van der Waals surface area contributed by atoms with Gasteiger partial charge < -0.3 is 20.9 Å². The fourth-order valence-corrected chi connectivity index (χ4v) is 3.14. The largest absolute Gasteiger partial charge is 0.409 e. The summed E-state index contributed by atoms with van der Waals surface area (Å²) in [4.78, 5) is 6.18. The quantitative estimate of drug-likeness (QED) is 0.161. The van der Waals surface area contributed by atoms with Crippen LogP contribution in [0.25, 0.3) is 0 Å². The van der Waals surface area contributed by atoms with Crippen LogP contribution in [0.2, 0.25) is 0 Å². The maximum atomic E-state index is 10.9. The number of unbranched alkanes of at least 4 members (excludes halogenated alkanes) is 3. The Morgan fingerprint density at radius 1 is 1.14 bits per heavy atom. The molecule has 2 aromatic rings. The molecule has 0 aliphatic carbocycles. The van der Waals surface area contributed by atoms with Gasteiger partial charge in [0, 0.05) is 31.8 Å². The zero-order valence-corrected chi connectivity index (χ0v) is 17.2. The highest BCUT2D eigenvalue weighted by Gasteiger charge is 2.26. The normalized spacial score (nSPS) is 13.7. The summed E-state index contributed by atoms with van der Waals surface area (Å²) in [6, 6.07) is 12.9. The average molecular weight is 398 g/mol. The van der Waals surface area contributed by atoms with E-state index in [-0.39, 0.29) is 5.84 Å². The Labute approximate surface area is 172 Å². The van der Waals surface area contributed by atoms with E-state index in [0.29, 0.717) is 18.0 Å². The van der Waals surface area contributed by atoms with Crippen molar-refractivity contribution < 1.29 is 10.3 Å². The summed E-state index contributed by atoms with van der Waals surface area (Å²) in [6.07, 6.45) is 6.18. The molecule has 1 aromatic heterocycles. The zero-order valence-electron chi connectivity index (χ0n) is 17.2. The summed E-state index contributed by atoms with van der Waals surface area (Å²) < 4.78 is 0. The molecule has 0 aliphatic heterocycles. The topological polar surface area (TPSA) is 119 Å². The van der Waals surface area contributed by atoms with E-state index in [2.05, 4.69) is 10.1 Å². The van der Waals surface area contributed by atoms with Gasteiger partial charge in [-0.3, -0.25) is 10.4 Å². The minimum absolute atomic E-state index is 0.273. The molecule has 156 valence electrons. The Bertz CT molecular complexity index is 804. The number of oxime groups is 1. The zero-order chi connectivity index (χ0) is 21.3. The molecule has 0 spiro atoms. The van der Waals surface area contributed by atoms with Crippen LogP contribution in [0.5, 0.6) is 0 Å². The Kier molecular flexibility index (Phi) is 8.15. The van der Waals surface area contributed by atoms with Crippen LogP contribution in [-0.4, -0.2) is 45.5 Å². The third kappa shape index (κ3) is 6.29. The summed E-state index contributed by atoms with van der Waals surface area (Å²) in [6.45, 7) is 2.51. The molecule has 1 aromatic carbocycles. The first kappa shape index (κ1) is 22.4.